The molecule has 1 N–H and O–H groups in total. The maximum absolute atomic E-state index is 13.1. The van der Waals surface area contributed by atoms with Gasteiger partial charge < -0.3 is 14.6 Å². The van der Waals surface area contributed by atoms with Gasteiger partial charge in [0.2, 0.25) is 5.91 Å². The van der Waals surface area contributed by atoms with Gasteiger partial charge in [-0.25, -0.2) is 0 Å². The zero-order valence-corrected chi connectivity index (χ0v) is 18.4. The van der Waals surface area contributed by atoms with E-state index in [1.807, 2.05) is 54.6 Å². The molecule has 2 heterocycles. The second-order valence-electron chi connectivity index (χ2n) is 8.35. The first-order valence-corrected chi connectivity index (χ1v) is 11.3. The van der Waals surface area contributed by atoms with Gasteiger partial charge in [0.1, 0.15) is 5.69 Å². The summed E-state index contributed by atoms with van der Waals surface area (Å²) >= 11 is 0. The monoisotopic (exact) mass is 441 g/mol. The molecule has 1 fully saturated rings. The Morgan fingerprint density at radius 3 is 2.27 bits per heavy atom. The zero-order chi connectivity index (χ0) is 22.5. The highest BCUT2D eigenvalue weighted by Gasteiger charge is 2.19. The van der Waals surface area contributed by atoms with E-state index in [9.17, 15) is 4.79 Å². The molecule has 33 heavy (non-hydrogen) atoms. The van der Waals surface area contributed by atoms with Crippen LogP contribution in [-0.2, 0) is 16.1 Å². The van der Waals surface area contributed by atoms with Crippen molar-refractivity contribution in [2.45, 2.75) is 18.9 Å². The molecule has 0 spiro atoms. The molecule has 1 amide bonds. The van der Waals surface area contributed by atoms with Gasteiger partial charge in [0.15, 0.2) is 5.58 Å². The molecule has 168 valence electrons. The van der Waals surface area contributed by atoms with Crippen molar-refractivity contribution >= 4 is 22.6 Å². The Hall–Kier alpha value is -3.48. The standard InChI is InChI=1S/C27H27N3O3/c31-27(18-23(20-7-3-1-4-8-20)21-9-5-2-6-10-21)28-22-11-12-26-24(17-22)25(29-33-26)19-30-13-15-32-16-14-30/h1-12,17,23H,13-16,18-19H2,(H,28,31). The smallest absolute Gasteiger partial charge is 0.225 e. The summed E-state index contributed by atoms with van der Waals surface area (Å²) in [6.45, 7) is 3.94. The molecule has 0 unspecified atom stereocenters. The number of nitrogens with zero attached hydrogens (tertiary/aromatic N) is 2. The molecule has 1 aliphatic heterocycles. The van der Waals surface area contributed by atoms with Crippen molar-refractivity contribution in [3.63, 3.8) is 0 Å². The zero-order valence-electron chi connectivity index (χ0n) is 18.4. The van der Waals surface area contributed by atoms with Gasteiger partial charge in [-0.3, -0.25) is 9.69 Å². The first kappa shape index (κ1) is 21.4. The Morgan fingerprint density at radius 2 is 1.61 bits per heavy atom. The number of morpholine rings is 1. The molecule has 1 aliphatic rings. The van der Waals surface area contributed by atoms with Gasteiger partial charge in [0.25, 0.3) is 0 Å². The molecule has 0 saturated carbocycles. The molecule has 3 aromatic carbocycles. The van der Waals surface area contributed by atoms with Gasteiger partial charge >= 0.3 is 0 Å². The third kappa shape index (κ3) is 5.13. The van der Waals surface area contributed by atoms with Crippen molar-refractivity contribution in [1.29, 1.82) is 0 Å². The molecule has 0 aliphatic carbocycles. The number of benzene rings is 3. The number of fused-ring (bicyclic) bond motifs is 1. The van der Waals surface area contributed by atoms with E-state index < -0.39 is 0 Å². The van der Waals surface area contributed by atoms with Crippen LogP contribution in [0.2, 0.25) is 0 Å². The second kappa shape index (κ2) is 9.98. The van der Waals surface area contributed by atoms with E-state index in [2.05, 4.69) is 39.6 Å². The average molecular weight is 442 g/mol. The maximum atomic E-state index is 13.1. The third-order valence-corrected chi connectivity index (χ3v) is 6.10. The fourth-order valence-corrected chi connectivity index (χ4v) is 4.35. The van der Waals surface area contributed by atoms with Crippen molar-refractivity contribution < 1.29 is 14.1 Å². The van der Waals surface area contributed by atoms with Gasteiger partial charge in [0, 0.05) is 43.0 Å². The van der Waals surface area contributed by atoms with Gasteiger partial charge in [0.05, 0.1) is 13.2 Å². The van der Waals surface area contributed by atoms with Gasteiger partial charge in [-0.1, -0.05) is 65.8 Å². The number of anilines is 1. The quantitative estimate of drug-likeness (QED) is 0.445. The van der Waals surface area contributed by atoms with Crippen molar-refractivity contribution in [3.05, 3.63) is 95.7 Å². The van der Waals surface area contributed by atoms with E-state index in [0.29, 0.717) is 13.0 Å². The van der Waals surface area contributed by atoms with Crippen molar-refractivity contribution in [3.8, 4) is 0 Å². The van der Waals surface area contributed by atoms with Crippen LogP contribution in [0.3, 0.4) is 0 Å². The maximum Gasteiger partial charge on any atom is 0.225 e. The van der Waals surface area contributed by atoms with E-state index in [4.69, 9.17) is 9.26 Å². The summed E-state index contributed by atoms with van der Waals surface area (Å²) in [6.07, 6.45) is 0.357. The van der Waals surface area contributed by atoms with Crippen LogP contribution in [-0.4, -0.2) is 42.3 Å². The minimum Gasteiger partial charge on any atom is -0.379 e. The van der Waals surface area contributed by atoms with Crippen LogP contribution in [0.4, 0.5) is 5.69 Å². The van der Waals surface area contributed by atoms with Gasteiger partial charge in [-0.15, -0.1) is 0 Å². The van der Waals surface area contributed by atoms with E-state index in [1.165, 1.54) is 0 Å². The number of aromatic nitrogens is 1. The van der Waals surface area contributed by atoms with E-state index in [-0.39, 0.29) is 11.8 Å². The minimum absolute atomic E-state index is 0.0106. The van der Waals surface area contributed by atoms with E-state index in [0.717, 1.165) is 59.8 Å². The van der Waals surface area contributed by atoms with E-state index in [1.54, 1.807) is 0 Å². The lowest BCUT2D eigenvalue weighted by Gasteiger charge is -2.25. The average Bonchev–Trinajstić information content (AvgIpc) is 3.26. The molecule has 4 aromatic rings. The van der Waals surface area contributed by atoms with Crippen LogP contribution in [0, 0.1) is 0 Å². The second-order valence-corrected chi connectivity index (χ2v) is 8.35. The molecule has 0 radical (unpaired) electrons. The molecule has 6 nitrogen and oxygen atoms in total. The molecule has 0 bridgehead atoms. The highest BCUT2D eigenvalue weighted by atomic mass is 16.5. The lowest BCUT2D eigenvalue weighted by molar-refractivity contribution is -0.116. The van der Waals surface area contributed by atoms with Gasteiger partial charge in [-0.05, 0) is 29.3 Å². The fourth-order valence-electron chi connectivity index (χ4n) is 4.35. The lowest BCUT2D eigenvalue weighted by atomic mass is 9.88. The Balaban J connectivity index is 1.33. The molecular weight excluding hydrogens is 414 g/mol. The topological polar surface area (TPSA) is 67.6 Å². The van der Waals surface area contributed by atoms with Crippen molar-refractivity contribution in [2.75, 3.05) is 31.6 Å². The number of rotatable bonds is 7. The first-order chi connectivity index (χ1) is 16.3. The number of carbonyl (C=O) groups is 1. The Bertz CT molecular complexity index is 1160. The number of hydrogen-bond acceptors (Lipinski definition) is 5. The van der Waals surface area contributed by atoms with E-state index >= 15 is 0 Å². The predicted molar refractivity (Wildman–Crippen MR) is 128 cm³/mol. The first-order valence-electron chi connectivity index (χ1n) is 11.3. The van der Waals surface area contributed by atoms with Gasteiger partial charge in [-0.2, -0.15) is 0 Å². The van der Waals surface area contributed by atoms with Crippen LogP contribution in [0.5, 0.6) is 0 Å². The van der Waals surface area contributed by atoms with Crippen LogP contribution < -0.4 is 5.32 Å². The number of hydrogen-bond donors (Lipinski definition) is 1. The Kier molecular flexibility index (Phi) is 6.46. The third-order valence-electron chi connectivity index (χ3n) is 6.10. The normalized spacial score (nSPS) is 14.6. The fraction of sp³-hybridized carbons (Fsp3) is 0.259. The molecule has 5 rings (SSSR count). The molecule has 1 aromatic heterocycles. The highest BCUT2D eigenvalue weighted by molar-refractivity contribution is 5.94. The summed E-state index contributed by atoms with van der Waals surface area (Å²) in [5.74, 6) is -0.0400. The van der Waals surface area contributed by atoms with Crippen LogP contribution >= 0.6 is 0 Å². The molecule has 6 heteroatoms. The van der Waals surface area contributed by atoms with Crippen molar-refractivity contribution in [2.24, 2.45) is 0 Å². The minimum atomic E-state index is -0.0294. The van der Waals surface area contributed by atoms with Crippen LogP contribution in [0.1, 0.15) is 29.2 Å². The molecular formula is C27H27N3O3. The summed E-state index contributed by atoms with van der Waals surface area (Å²) in [5, 5.41) is 8.28. The number of carbonyl (C=O) groups excluding carboxylic acids is 1. The number of nitrogens with one attached hydrogen (secondary N) is 1. The largest absolute Gasteiger partial charge is 0.379 e. The Labute approximate surface area is 193 Å². The molecule has 0 atom stereocenters. The van der Waals surface area contributed by atoms with Crippen LogP contribution in [0.25, 0.3) is 11.0 Å². The Morgan fingerprint density at radius 1 is 0.939 bits per heavy atom. The summed E-state index contributed by atoms with van der Waals surface area (Å²) in [5.41, 5.74) is 4.61. The van der Waals surface area contributed by atoms with Crippen molar-refractivity contribution in [1.82, 2.24) is 10.1 Å². The molecule has 1 saturated heterocycles. The number of ether oxygens (including phenoxy) is 1. The highest BCUT2D eigenvalue weighted by Crippen LogP contribution is 2.29. The lowest BCUT2D eigenvalue weighted by Crippen LogP contribution is -2.35. The summed E-state index contributed by atoms with van der Waals surface area (Å²) in [7, 11) is 0. The summed E-state index contributed by atoms with van der Waals surface area (Å²) in [6, 6.07) is 26.0. The number of amides is 1. The van der Waals surface area contributed by atoms with Crippen LogP contribution in [0.15, 0.2) is 83.4 Å². The summed E-state index contributed by atoms with van der Waals surface area (Å²) in [4.78, 5) is 15.4. The SMILES string of the molecule is O=C(CC(c1ccccc1)c1ccccc1)Nc1ccc2onc(CN3CCOCC3)c2c1. The summed E-state index contributed by atoms with van der Waals surface area (Å²) < 4.78 is 10.9. The predicted octanol–water partition coefficient (Wildman–Crippen LogP) is 4.82.